The molecule has 0 radical (unpaired) electrons. The van der Waals surface area contributed by atoms with E-state index in [1.807, 2.05) is 18.2 Å². The number of likely N-dealkylation sites (N-methyl/N-ethyl adjacent to an activating group) is 1. The molecule has 0 aromatic rings. The molecule has 12 heavy (non-hydrogen) atoms. The van der Waals surface area contributed by atoms with Crippen molar-refractivity contribution >= 4 is 0 Å². The maximum absolute atomic E-state index is 3.73. The van der Waals surface area contributed by atoms with Crippen LogP contribution in [0.2, 0.25) is 0 Å². The van der Waals surface area contributed by atoms with Crippen molar-refractivity contribution in [2.75, 3.05) is 26.7 Å². The highest BCUT2D eigenvalue weighted by molar-refractivity contribution is 4.74. The van der Waals surface area contributed by atoms with Gasteiger partial charge < -0.3 is 9.96 Å². The van der Waals surface area contributed by atoms with E-state index < -0.39 is 0 Å². The van der Waals surface area contributed by atoms with Crippen molar-refractivity contribution in [3.63, 3.8) is 0 Å². The van der Waals surface area contributed by atoms with Gasteiger partial charge in [-0.05, 0) is 18.2 Å². The Morgan fingerprint density at radius 1 is 0.917 bits per heavy atom. The second-order valence-corrected chi connectivity index (χ2v) is 3.03. The predicted octanol–water partition coefficient (Wildman–Crippen LogP) is 1.81. The average molecular weight is 169 g/mol. The van der Waals surface area contributed by atoms with Crippen molar-refractivity contribution in [1.29, 1.82) is 0 Å². The Kier molecular flexibility index (Phi) is 7.80. The predicted molar refractivity (Wildman–Crippen MR) is 53.3 cm³/mol. The normalized spacial score (nSPS) is 9.75. The van der Waals surface area contributed by atoms with E-state index in [2.05, 4.69) is 26.8 Å². The van der Waals surface area contributed by atoms with Crippen LogP contribution in [-0.4, -0.2) is 36.6 Å². The fourth-order valence-electron chi connectivity index (χ4n) is 1.16. The van der Waals surface area contributed by atoms with Gasteiger partial charge in [-0.1, -0.05) is 19.7 Å². The van der Waals surface area contributed by atoms with Crippen molar-refractivity contribution in [3.05, 3.63) is 38.0 Å². The highest BCUT2D eigenvalue weighted by Crippen LogP contribution is 2.01. The van der Waals surface area contributed by atoms with E-state index in [4.69, 9.17) is 0 Å². The van der Waals surface area contributed by atoms with Gasteiger partial charge in [0.2, 0.25) is 0 Å². The van der Waals surface area contributed by atoms with E-state index in [0.29, 0.717) is 0 Å². The minimum atomic E-state index is 0. The first kappa shape index (κ1) is 13.7. The molecule has 0 saturated carbocycles. The second kappa shape index (κ2) is 6.83. The molecule has 2 heteroatoms. The molecule has 0 fully saturated rings. The van der Waals surface area contributed by atoms with Crippen molar-refractivity contribution in [3.8, 4) is 0 Å². The van der Waals surface area contributed by atoms with E-state index in [-0.39, 0.29) is 5.48 Å². The minimum Gasteiger partial charge on any atom is -0.870 e. The molecule has 0 aliphatic carbocycles. The number of hydrogen-bond acceptors (Lipinski definition) is 1. The van der Waals surface area contributed by atoms with Crippen LogP contribution < -0.4 is 0 Å². The largest absolute Gasteiger partial charge is 0.870 e. The highest BCUT2D eigenvalue weighted by atomic mass is 16.0. The van der Waals surface area contributed by atoms with Gasteiger partial charge in [-0.15, -0.1) is 0 Å². The van der Waals surface area contributed by atoms with Crippen LogP contribution in [-0.2, 0) is 0 Å². The summed E-state index contributed by atoms with van der Waals surface area (Å²) in [6.45, 7) is 14.1. The lowest BCUT2D eigenvalue weighted by Crippen LogP contribution is -2.44. The SMILES string of the molecule is C=CC[N+](C)(CC=C)CC=C.[OH-]. The van der Waals surface area contributed by atoms with Gasteiger partial charge in [0.1, 0.15) is 0 Å². The van der Waals surface area contributed by atoms with E-state index in [9.17, 15) is 0 Å². The first-order chi connectivity index (χ1) is 5.18. The quantitative estimate of drug-likeness (QED) is 0.440. The van der Waals surface area contributed by atoms with Gasteiger partial charge in [-0.3, -0.25) is 0 Å². The van der Waals surface area contributed by atoms with Crippen molar-refractivity contribution < 1.29 is 9.96 Å². The Hall–Kier alpha value is -0.860. The van der Waals surface area contributed by atoms with Crippen LogP contribution in [0.15, 0.2) is 38.0 Å². The number of nitrogens with zero attached hydrogens (tertiary/aromatic N) is 1. The Bertz CT molecular complexity index is 125. The molecule has 0 unspecified atom stereocenters. The molecule has 0 aromatic carbocycles. The minimum absolute atomic E-state index is 0. The van der Waals surface area contributed by atoms with Crippen LogP contribution in [0.25, 0.3) is 0 Å². The number of hydrogen-bond donors (Lipinski definition) is 0. The number of quaternary nitrogens is 1. The Morgan fingerprint density at radius 3 is 1.33 bits per heavy atom. The molecule has 0 saturated heterocycles. The lowest BCUT2D eigenvalue weighted by Gasteiger charge is -2.30. The first-order valence-corrected chi connectivity index (χ1v) is 3.85. The zero-order valence-corrected chi connectivity index (χ0v) is 7.87. The first-order valence-electron chi connectivity index (χ1n) is 3.85. The monoisotopic (exact) mass is 169 g/mol. The fourth-order valence-corrected chi connectivity index (χ4v) is 1.16. The van der Waals surface area contributed by atoms with Crippen LogP contribution in [0.3, 0.4) is 0 Å². The van der Waals surface area contributed by atoms with Crippen molar-refractivity contribution in [1.82, 2.24) is 0 Å². The summed E-state index contributed by atoms with van der Waals surface area (Å²) < 4.78 is 0.927. The summed E-state index contributed by atoms with van der Waals surface area (Å²) in [5.41, 5.74) is 0. The van der Waals surface area contributed by atoms with Gasteiger partial charge in [0.25, 0.3) is 0 Å². The Balaban J connectivity index is 0. The van der Waals surface area contributed by atoms with Crippen LogP contribution in [0.5, 0.6) is 0 Å². The third-order valence-corrected chi connectivity index (χ3v) is 1.71. The molecule has 0 aliphatic heterocycles. The molecule has 1 N–H and O–H groups in total. The summed E-state index contributed by atoms with van der Waals surface area (Å²) in [7, 11) is 2.17. The molecule has 0 atom stereocenters. The molecule has 0 rings (SSSR count). The van der Waals surface area contributed by atoms with Gasteiger partial charge in [-0.2, -0.15) is 0 Å². The summed E-state index contributed by atoms with van der Waals surface area (Å²) in [4.78, 5) is 0. The van der Waals surface area contributed by atoms with Crippen LogP contribution in [0, 0.1) is 0 Å². The van der Waals surface area contributed by atoms with Crippen LogP contribution in [0.1, 0.15) is 0 Å². The second-order valence-electron chi connectivity index (χ2n) is 3.03. The summed E-state index contributed by atoms with van der Waals surface area (Å²) in [5.74, 6) is 0. The maximum atomic E-state index is 3.73. The molecular weight excluding hydrogens is 150 g/mol. The van der Waals surface area contributed by atoms with E-state index in [0.717, 1.165) is 24.1 Å². The van der Waals surface area contributed by atoms with Crippen molar-refractivity contribution in [2.45, 2.75) is 0 Å². The standard InChI is InChI=1S/C10H18N.H2O/c1-5-8-11(4,9-6-2)10-7-3;/h5-7H,1-3,8-10H2,4H3;1H2/q+1;/p-1. The van der Waals surface area contributed by atoms with Gasteiger partial charge >= 0.3 is 0 Å². The fraction of sp³-hybridized carbons (Fsp3) is 0.400. The van der Waals surface area contributed by atoms with Crippen molar-refractivity contribution in [2.24, 2.45) is 0 Å². The summed E-state index contributed by atoms with van der Waals surface area (Å²) >= 11 is 0. The van der Waals surface area contributed by atoms with E-state index in [1.54, 1.807) is 0 Å². The van der Waals surface area contributed by atoms with Crippen LogP contribution in [0.4, 0.5) is 0 Å². The molecule has 0 aliphatic rings. The van der Waals surface area contributed by atoms with Crippen LogP contribution >= 0.6 is 0 Å². The van der Waals surface area contributed by atoms with Gasteiger partial charge in [-0.25, -0.2) is 0 Å². The average Bonchev–Trinajstić information content (AvgIpc) is 1.88. The van der Waals surface area contributed by atoms with Gasteiger partial charge in [0.05, 0.1) is 26.7 Å². The highest BCUT2D eigenvalue weighted by Gasteiger charge is 2.14. The lowest BCUT2D eigenvalue weighted by molar-refractivity contribution is -0.892. The molecule has 70 valence electrons. The summed E-state index contributed by atoms with van der Waals surface area (Å²) in [5, 5.41) is 0. The molecule has 0 bridgehead atoms. The van der Waals surface area contributed by atoms with Gasteiger partial charge in [0, 0.05) is 0 Å². The summed E-state index contributed by atoms with van der Waals surface area (Å²) in [6, 6.07) is 0. The Labute approximate surface area is 75.4 Å². The van der Waals surface area contributed by atoms with Gasteiger partial charge in [0.15, 0.2) is 0 Å². The summed E-state index contributed by atoms with van der Waals surface area (Å²) in [6.07, 6.45) is 5.81. The lowest BCUT2D eigenvalue weighted by atomic mass is 10.3. The third kappa shape index (κ3) is 4.88. The smallest absolute Gasteiger partial charge is 0.0973 e. The molecule has 0 spiro atoms. The van der Waals surface area contributed by atoms with E-state index >= 15 is 0 Å². The third-order valence-electron chi connectivity index (χ3n) is 1.71. The molecule has 0 amide bonds. The Morgan fingerprint density at radius 2 is 1.17 bits per heavy atom. The zero-order chi connectivity index (χ0) is 8.74. The topological polar surface area (TPSA) is 30.0 Å². The molecular formula is C10H19NO. The number of rotatable bonds is 6. The maximum Gasteiger partial charge on any atom is 0.0973 e. The molecule has 0 aromatic heterocycles. The molecule has 0 heterocycles. The molecule has 2 nitrogen and oxygen atoms in total. The zero-order valence-electron chi connectivity index (χ0n) is 7.87. The van der Waals surface area contributed by atoms with E-state index in [1.165, 1.54) is 0 Å².